The fourth-order valence-electron chi connectivity index (χ4n) is 1.59. The Labute approximate surface area is 117 Å². The van der Waals surface area contributed by atoms with Crippen LogP contribution in [0, 0.1) is 0 Å². The highest BCUT2D eigenvalue weighted by Gasteiger charge is 2.14. The maximum atomic E-state index is 12.0. The number of thiophene rings is 1. The molecule has 4 nitrogen and oxygen atoms in total. The van der Waals surface area contributed by atoms with Crippen LogP contribution in [0.15, 0.2) is 46.0 Å². The van der Waals surface area contributed by atoms with E-state index < -0.39 is 10.0 Å². The predicted molar refractivity (Wildman–Crippen MR) is 80.3 cm³/mol. The molecule has 6 heteroatoms. The lowest BCUT2D eigenvalue weighted by Crippen LogP contribution is -2.12. The minimum absolute atomic E-state index is 0.317. The van der Waals surface area contributed by atoms with Gasteiger partial charge in [0.1, 0.15) is 4.21 Å². The van der Waals surface area contributed by atoms with Gasteiger partial charge in [-0.25, -0.2) is 8.42 Å². The largest absolute Gasteiger partial charge is 0.383 e. The minimum atomic E-state index is -3.46. The van der Waals surface area contributed by atoms with Crippen LogP contribution in [-0.2, 0) is 10.0 Å². The van der Waals surface area contributed by atoms with Gasteiger partial charge < -0.3 is 5.32 Å². The van der Waals surface area contributed by atoms with Crippen LogP contribution in [-0.4, -0.2) is 14.5 Å². The summed E-state index contributed by atoms with van der Waals surface area (Å²) in [5.41, 5.74) is 1.52. The molecule has 1 aromatic carbocycles. The Morgan fingerprint density at radius 2 is 1.68 bits per heavy atom. The van der Waals surface area contributed by atoms with Crippen LogP contribution in [0.3, 0.4) is 0 Å². The molecule has 0 amide bonds. The molecule has 0 radical (unpaired) electrons. The molecule has 0 aliphatic heterocycles. The number of sulfonamides is 1. The fraction of sp³-hybridized carbons (Fsp3) is 0.231. The second kappa shape index (κ2) is 5.63. The standard InChI is InChI=1S/C13H16N2O2S2/c1-10(2)14-11-5-7-12(8-6-11)15-19(16,17)13-4-3-9-18-13/h3-10,14-15H,1-2H3. The third kappa shape index (κ3) is 3.71. The Bertz CT molecular complexity index is 617. The van der Waals surface area contributed by atoms with Crippen molar-refractivity contribution < 1.29 is 8.42 Å². The van der Waals surface area contributed by atoms with Gasteiger partial charge in [0.25, 0.3) is 10.0 Å². The SMILES string of the molecule is CC(C)Nc1ccc(NS(=O)(=O)c2cccs2)cc1. The van der Waals surface area contributed by atoms with Crippen molar-refractivity contribution >= 4 is 32.7 Å². The summed E-state index contributed by atoms with van der Waals surface area (Å²) in [6, 6.07) is 10.8. The van der Waals surface area contributed by atoms with Gasteiger partial charge in [0.05, 0.1) is 0 Å². The van der Waals surface area contributed by atoms with E-state index in [2.05, 4.69) is 10.0 Å². The van der Waals surface area contributed by atoms with Gasteiger partial charge in [-0.2, -0.15) is 0 Å². The summed E-state index contributed by atoms with van der Waals surface area (Å²) >= 11 is 1.20. The lowest BCUT2D eigenvalue weighted by Gasteiger charge is -2.11. The first kappa shape index (κ1) is 13.9. The number of hydrogen-bond acceptors (Lipinski definition) is 4. The molecule has 1 aromatic heterocycles. The summed E-state index contributed by atoms with van der Waals surface area (Å²) in [4.78, 5) is 0. The molecule has 0 fully saturated rings. The fourth-order valence-corrected chi connectivity index (χ4v) is 3.64. The highest BCUT2D eigenvalue weighted by molar-refractivity contribution is 7.94. The van der Waals surface area contributed by atoms with Crippen LogP contribution < -0.4 is 10.0 Å². The van der Waals surface area contributed by atoms with E-state index in [1.807, 2.05) is 26.0 Å². The monoisotopic (exact) mass is 296 g/mol. The molecule has 102 valence electrons. The molecule has 0 aliphatic carbocycles. The molecule has 2 N–H and O–H groups in total. The summed E-state index contributed by atoms with van der Waals surface area (Å²) in [7, 11) is -3.46. The average molecular weight is 296 g/mol. The topological polar surface area (TPSA) is 58.2 Å². The number of hydrogen-bond donors (Lipinski definition) is 2. The maximum absolute atomic E-state index is 12.0. The molecular formula is C13H16N2O2S2. The van der Waals surface area contributed by atoms with E-state index in [1.54, 1.807) is 29.6 Å². The first-order valence-corrected chi connectivity index (χ1v) is 8.26. The van der Waals surface area contributed by atoms with Crippen LogP contribution >= 0.6 is 11.3 Å². The van der Waals surface area contributed by atoms with Gasteiger partial charge in [-0.3, -0.25) is 4.72 Å². The highest BCUT2D eigenvalue weighted by Crippen LogP contribution is 2.21. The number of anilines is 2. The summed E-state index contributed by atoms with van der Waals surface area (Å²) in [6.45, 7) is 4.10. The predicted octanol–water partition coefficient (Wildman–Crippen LogP) is 3.37. The Hall–Kier alpha value is -1.53. The van der Waals surface area contributed by atoms with Crippen LogP contribution in [0.2, 0.25) is 0 Å². The Morgan fingerprint density at radius 1 is 1.05 bits per heavy atom. The Balaban J connectivity index is 2.12. The van der Waals surface area contributed by atoms with Crippen LogP contribution in [0.4, 0.5) is 11.4 Å². The van der Waals surface area contributed by atoms with Crippen molar-refractivity contribution in [2.24, 2.45) is 0 Å². The van der Waals surface area contributed by atoms with Crippen molar-refractivity contribution in [1.29, 1.82) is 0 Å². The van der Waals surface area contributed by atoms with E-state index in [1.165, 1.54) is 11.3 Å². The Morgan fingerprint density at radius 3 is 2.21 bits per heavy atom. The van der Waals surface area contributed by atoms with Crippen molar-refractivity contribution in [2.45, 2.75) is 24.1 Å². The van der Waals surface area contributed by atoms with Crippen molar-refractivity contribution in [3.05, 3.63) is 41.8 Å². The van der Waals surface area contributed by atoms with E-state index in [-0.39, 0.29) is 0 Å². The van der Waals surface area contributed by atoms with Crippen LogP contribution in [0.5, 0.6) is 0 Å². The average Bonchev–Trinajstić information content (AvgIpc) is 2.85. The van der Waals surface area contributed by atoms with Crippen molar-refractivity contribution in [1.82, 2.24) is 0 Å². The summed E-state index contributed by atoms with van der Waals surface area (Å²) < 4.78 is 26.9. The smallest absolute Gasteiger partial charge is 0.271 e. The lowest BCUT2D eigenvalue weighted by molar-refractivity contribution is 0.603. The second-order valence-electron chi connectivity index (χ2n) is 4.41. The summed E-state index contributed by atoms with van der Waals surface area (Å²) in [6.07, 6.45) is 0. The normalized spacial score (nSPS) is 11.5. The van der Waals surface area contributed by atoms with E-state index in [4.69, 9.17) is 0 Å². The van der Waals surface area contributed by atoms with Crippen LogP contribution in [0.25, 0.3) is 0 Å². The maximum Gasteiger partial charge on any atom is 0.271 e. The first-order valence-electron chi connectivity index (χ1n) is 5.90. The van der Waals surface area contributed by atoms with Crippen LogP contribution in [0.1, 0.15) is 13.8 Å². The molecule has 0 atom stereocenters. The zero-order chi connectivity index (χ0) is 13.9. The molecule has 0 spiro atoms. The molecule has 19 heavy (non-hydrogen) atoms. The highest BCUT2D eigenvalue weighted by atomic mass is 32.2. The third-order valence-corrected chi connectivity index (χ3v) is 5.13. The third-order valence-electron chi connectivity index (χ3n) is 2.35. The first-order chi connectivity index (χ1) is 8.97. The number of nitrogens with one attached hydrogen (secondary N) is 2. The van der Waals surface area contributed by atoms with Gasteiger partial charge >= 0.3 is 0 Å². The van der Waals surface area contributed by atoms with Gasteiger partial charge in [0.2, 0.25) is 0 Å². The molecule has 0 unspecified atom stereocenters. The lowest BCUT2D eigenvalue weighted by atomic mass is 10.2. The van der Waals surface area contributed by atoms with E-state index in [0.717, 1.165) is 5.69 Å². The van der Waals surface area contributed by atoms with Crippen molar-refractivity contribution in [3.63, 3.8) is 0 Å². The summed E-state index contributed by atoms with van der Waals surface area (Å²) in [5.74, 6) is 0. The van der Waals surface area contributed by atoms with Gasteiger partial charge in [-0.1, -0.05) is 6.07 Å². The zero-order valence-electron chi connectivity index (χ0n) is 10.8. The molecule has 0 bridgehead atoms. The van der Waals surface area contributed by atoms with E-state index in [0.29, 0.717) is 15.9 Å². The second-order valence-corrected chi connectivity index (χ2v) is 7.27. The van der Waals surface area contributed by atoms with Gasteiger partial charge in [-0.05, 0) is 49.6 Å². The summed E-state index contributed by atoms with van der Waals surface area (Å²) in [5, 5.41) is 4.99. The van der Waals surface area contributed by atoms with Gasteiger partial charge in [-0.15, -0.1) is 11.3 Å². The van der Waals surface area contributed by atoms with Gasteiger partial charge in [0.15, 0.2) is 0 Å². The molecule has 0 saturated heterocycles. The zero-order valence-corrected chi connectivity index (χ0v) is 12.4. The van der Waals surface area contributed by atoms with Gasteiger partial charge in [0, 0.05) is 17.4 Å². The molecule has 1 heterocycles. The number of benzene rings is 1. The number of rotatable bonds is 5. The van der Waals surface area contributed by atoms with E-state index >= 15 is 0 Å². The molecule has 2 rings (SSSR count). The molecule has 0 saturated carbocycles. The Kier molecular flexibility index (Phi) is 4.11. The quantitative estimate of drug-likeness (QED) is 0.889. The minimum Gasteiger partial charge on any atom is -0.383 e. The molecule has 0 aliphatic rings. The van der Waals surface area contributed by atoms with E-state index in [9.17, 15) is 8.42 Å². The van der Waals surface area contributed by atoms with Crippen molar-refractivity contribution in [3.8, 4) is 0 Å². The van der Waals surface area contributed by atoms with Crippen molar-refractivity contribution in [2.75, 3.05) is 10.0 Å². The molecular weight excluding hydrogens is 280 g/mol. The molecule has 2 aromatic rings.